The molecule has 102 valence electrons. The van der Waals surface area contributed by atoms with Crippen molar-refractivity contribution in [2.24, 2.45) is 0 Å². The normalized spacial score (nSPS) is 11.2. The third kappa shape index (κ3) is 2.22. The molecule has 0 unspecified atom stereocenters. The third-order valence-electron chi connectivity index (χ3n) is 2.77. The Hall–Kier alpha value is -2.77. The first kappa shape index (κ1) is 12.3. The highest BCUT2D eigenvalue weighted by Gasteiger charge is 2.10. The summed E-state index contributed by atoms with van der Waals surface area (Å²) in [6.07, 6.45) is 6.79. The minimum Gasteiger partial charge on any atom is -0.368 e. The van der Waals surface area contributed by atoms with Crippen LogP contribution in [0, 0.1) is 0 Å². The Kier molecular flexibility index (Phi) is 2.90. The number of hydrogen-bond acceptors (Lipinski definition) is 6. The molecule has 3 aromatic rings. The van der Waals surface area contributed by atoms with E-state index in [2.05, 4.69) is 38.9 Å². The number of anilines is 1. The van der Waals surface area contributed by atoms with Crippen molar-refractivity contribution >= 4 is 5.95 Å². The molecule has 2 N–H and O–H groups in total. The fourth-order valence-corrected chi connectivity index (χ4v) is 1.72. The molecule has 3 rings (SSSR count). The monoisotopic (exact) mass is 270 g/mol. The zero-order valence-electron chi connectivity index (χ0n) is 11.2. The smallest absolute Gasteiger partial charge is 0.257 e. The first-order valence-corrected chi connectivity index (χ1v) is 6.19. The van der Waals surface area contributed by atoms with Gasteiger partial charge in [0.2, 0.25) is 11.9 Å². The van der Waals surface area contributed by atoms with E-state index in [9.17, 15) is 0 Å². The molecule has 0 aliphatic rings. The fourth-order valence-electron chi connectivity index (χ4n) is 1.72. The van der Waals surface area contributed by atoms with Crippen LogP contribution in [0.1, 0.15) is 25.5 Å². The zero-order chi connectivity index (χ0) is 14.1. The maximum Gasteiger partial charge on any atom is 0.257 e. The summed E-state index contributed by atoms with van der Waals surface area (Å²) >= 11 is 0. The number of nitrogens with zero attached hydrogens (tertiary/aromatic N) is 7. The standard InChI is InChI=1S/C12H14N8/c1-8(2)9-3-5-20(18-9)12-16-10(13)15-11(17-12)19-6-4-14-7-19/h3-8H,1-2H3,(H2,13,15,16,17). The van der Waals surface area contributed by atoms with Crippen molar-refractivity contribution in [3.8, 4) is 11.9 Å². The number of nitrogen functional groups attached to an aromatic ring is 1. The highest BCUT2D eigenvalue weighted by Crippen LogP contribution is 2.13. The van der Waals surface area contributed by atoms with E-state index in [4.69, 9.17) is 5.73 Å². The number of aromatic nitrogens is 7. The first-order chi connectivity index (χ1) is 9.63. The van der Waals surface area contributed by atoms with Crippen molar-refractivity contribution in [2.75, 3.05) is 5.73 Å². The number of rotatable bonds is 3. The Balaban J connectivity index is 2.05. The van der Waals surface area contributed by atoms with Crippen molar-refractivity contribution in [3.05, 3.63) is 36.7 Å². The van der Waals surface area contributed by atoms with Gasteiger partial charge in [0, 0.05) is 18.6 Å². The van der Waals surface area contributed by atoms with Crippen LogP contribution < -0.4 is 5.73 Å². The van der Waals surface area contributed by atoms with Crippen LogP contribution in [0.3, 0.4) is 0 Å². The summed E-state index contributed by atoms with van der Waals surface area (Å²) < 4.78 is 3.25. The summed E-state index contributed by atoms with van der Waals surface area (Å²) in [5.74, 6) is 1.27. The summed E-state index contributed by atoms with van der Waals surface area (Å²) in [7, 11) is 0. The zero-order valence-corrected chi connectivity index (χ0v) is 11.2. The average Bonchev–Trinajstić information content (AvgIpc) is 3.10. The number of nitrogens with two attached hydrogens (primary N) is 1. The Morgan fingerprint density at radius 1 is 1.10 bits per heavy atom. The second-order valence-electron chi connectivity index (χ2n) is 4.60. The molecule has 0 amide bonds. The van der Waals surface area contributed by atoms with Gasteiger partial charge in [-0.1, -0.05) is 13.8 Å². The Morgan fingerprint density at radius 3 is 2.55 bits per heavy atom. The lowest BCUT2D eigenvalue weighted by molar-refractivity contribution is 0.732. The van der Waals surface area contributed by atoms with Gasteiger partial charge in [-0.2, -0.15) is 20.1 Å². The third-order valence-corrected chi connectivity index (χ3v) is 2.77. The van der Waals surface area contributed by atoms with Gasteiger partial charge >= 0.3 is 0 Å². The van der Waals surface area contributed by atoms with E-state index in [1.54, 1.807) is 28.0 Å². The highest BCUT2D eigenvalue weighted by molar-refractivity contribution is 5.28. The molecular formula is C12H14N8. The Morgan fingerprint density at radius 2 is 1.90 bits per heavy atom. The van der Waals surface area contributed by atoms with Gasteiger partial charge in [-0.15, -0.1) is 0 Å². The van der Waals surface area contributed by atoms with Gasteiger partial charge in [-0.05, 0) is 12.0 Å². The van der Waals surface area contributed by atoms with Crippen LogP contribution in [0.25, 0.3) is 11.9 Å². The van der Waals surface area contributed by atoms with Gasteiger partial charge in [0.25, 0.3) is 5.95 Å². The van der Waals surface area contributed by atoms with Gasteiger partial charge in [0.05, 0.1) is 5.69 Å². The Bertz CT molecular complexity index is 713. The predicted octanol–water partition coefficient (Wildman–Crippen LogP) is 0.949. The molecular weight excluding hydrogens is 256 g/mol. The van der Waals surface area contributed by atoms with E-state index in [1.807, 2.05) is 12.3 Å². The van der Waals surface area contributed by atoms with Gasteiger partial charge in [0.1, 0.15) is 6.33 Å². The van der Waals surface area contributed by atoms with E-state index in [0.717, 1.165) is 5.69 Å². The maximum atomic E-state index is 5.73. The molecule has 8 nitrogen and oxygen atoms in total. The van der Waals surface area contributed by atoms with Crippen molar-refractivity contribution in [2.45, 2.75) is 19.8 Å². The van der Waals surface area contributed by atoms with Crippen LogP contribution in [0.15, 0.2) is 31.0 Å². The summed E-state index contributed by atoms with van der Waals surface area (Å²) in [4.78, 5) is 16.5. The summed E-state index contributed by atoms with van der Waals surface area (Å²) in [5.41, 5.74) is 6.70. The molecule has 0 saturated heterocycles. The van der Waals surface area contributed by atoms with Crippen LogP contribution in [0.5, 0.6) is 0 Å². The molecule has 3 heterocycles. The quantitative estimate of drug-likeness (QED) is 0.760. The molecule has 0 bridgehead atoms. The minimum atomic E-state index is 0.139. The average molecular weight is 270 g/mol. The van der Waals surface area contributed by atoms with Gasteiger partial charge in [0.15, 0.2) is 0 Å². The number of imidazole rings is 1. The lowest BCUT2D eigenvalue weighted by atomic mass is 10.1. The molecule has 0 aromatic carbocycles. The summed E-state index contributed by atoms with van der Waals surface area (Å²) in [5, 5.41) is 4.43. The topological polar surface area (TPSA) is 100 Å². The minimum absolute atomic E-state index is 0.139. The molecule has 20 heavy (non-hydrogen) atoms. The van der Waals surface area contributed by atoms with E-state index >= 15 is 0 Å². The second kappa shape index (κ2) is 4.72. The van der Waals surface area contributed by atoms with Gasteiger partial charge in [-0.25, -0.2) is 9.67 Å². The summed E-state index contributed by atoms with van der Waals surface area (Å²) in [6, 6.07) is 1.93. The predicted molar refractivity (Wildman–Crippen MR) is 72.6 cm³/mol. The first-order valence-electron chi connectivity index (χ1n) is 6.19. The van der Waals surface area contributed by atoms with E-state index < -0.39 is 0 Å². The molecule has 3 aromatic heterocycles. The maximum absolute atomic E-state index is 5.73. The molecule has 0 fully saturated rings. The highest BCUT2D eigenvalue weighted by atomic mass is 15.4. The van der Waals surface area contributed by atoms with Crippen LogP contribution in [-0.2, 0) is 0 Å². The van der Waals surface area contributed by atoms with Crippen LogP contribution in [0.2, 0.25) is 0 Å². The molecule has 0 atom stereocenters. The van der Waals surface area contributed by atoms with Crippen molar-refractivity contribution in [1.29, 1.82) is 0 Å². The van der Waals surface area contributed by atoms with Crippen molar-refractivity contribution < 1.29 is 0 Å². The molecule has 0 radical (unpaired) electrons. The van der Waals surface area contributed by atoms with Gasteiger partial charge < -0.3 is 5.73 Å². The van der Waals surface area contributed by atoms with E-state index in [0.29, 0.717) is 17.8 Å². The van der Waals surface area contributed by atoms with E-state index in [1.165, 1.54) is 0 Å². The molecule has 0 saturated carbocycles. The van der Waals surface area contributed by atoms with Crippen LogP contribution >= 0.6 is 0 Å². The van der Waals surface area contributed by atoms with Crippen molar-refractivity contribution in [3.63, 3.8) is 0 Å². The van der Waals surface area contributed by atoms with Crippen LogP contribution in [-0.4, -0.2) is 34.3 Å². The number of hydrogen-bond donors (Lipinski definition) is 1. The lowest BCUT2D eigenvalue weighted by Gasteiger charge is -2.05. The van der Waals surface area contributed by atoms with Crippen LogP contribution in [0.4, 0.5) is 5.95 Å². The second-order valence-corrected chi connectivity index (χ2v) is 4.60. The van der Waals surface area contributed by atoms with Crippen molar-refractivity contribution in [1.82, 2.24) is 34.3 Å². The molecule has 0 spiro atoms. The van der Waals surface area contributed by atoms with Gasteiger partial charge in [-0.3, -0.25) is 4.57 Å². The fraction of sp³-hybridized carbons (Fsp3) is 0.250. The SMILES string of the molecule is CC(C)c1ccn(-c2nc(N)nc(-n3ccnc3)n2)n1. The molecule has 0 aliphatic carbocycles. The molecule has 8 heteroatoms. The summed E-state index contributed by atoms with van der Waals surface area (Å²) in [6.45, 7) is 4.15. The lowest BCUT2D eigenvalue weighted by Crippen LogP contribution is -2.11. The largest absolute Gasteiger partial charge is 0.368 e. The van der Waals surface area contributed by atoms with E-state index in [-0.39, 0.29) is 5.95 Å². The molecule has 0 aliphatic heterocycles. The Labute approximate surface area is 115 Å².